The summed E-state index contributed by atoms with van der Waals surface area (Å²) in [5.74, 6) is 0. The maximum Gasteiger partial charge on any atom is 0.328 e. The highest BCUT2D eigenvalue weighted by Gasteiger charge is 2.25. The average molecular weight is 228 g/mol. The van der Waals surface area contributed by atoms with E-state index in [2.05, 4.69) is 19.1 Å². The lowest BCUT2D eigenvalue weighted by molar-refractivity contribution is 0.655. The molecule has 0 spiro atoms. The lowest BCUT2D eigenvalue weighted by Gasteiger charge is -2.05. The number of aryl methyl sites for hydroxylation is 1. The second kappa shape index (κ2) is 3.91. The topological polar surface area (TPSA) is 26.9 Å². The number of aromatic nitrogens is 2. The van der Waals surface area contributed by atoms with Gasteiger partial charge in [0.2, 0.25) is 0 Å². The number of nitrogens with zero attached hydrogens (tertiary/aromatic N) is 2. The Bertz CT molecular complexity index is 590. The molecule has 1 aliphatic carbocycles. The van der Waals surface area contributed by atoms with Crippen molar-refractivity contribution in [3.63, 3.8) is 0 Å². The summed E-state index contributed by atoms with van der Waals surface area (Å²) in [6, 6.07) is 8.66. The molecular formula is C14H16N2O. The van der Waals surface area contributed by atoms with Gasteiger partial charge in [0, 0.05) is 18.4 Å². The summed E-state index contributed by atoms with van der Waals surface area (Å²) in [5, 5.41) is 0. The lowest BCUT2D eigenvalue weighted by Crippen LogP contribution is -2.24. The van der Waals surface area contributed by atoms with Crippen LogP contribution in [-0.4, -0.2) is 9.13 Å². The minimum atomic E-state index is 0.121. The van der Waals surface area contributed by atoms with E-state index in [4.69, 9.17) is 0 Å². The van der Waals surface area contributed by atoms with Crippen molar-refractivity contribution < 1.29 is 0 Å². The van der Waals surface area contributed by atoms with E-state index in [1.807, 2.05) is 29.1 Å². The zero-order chi connectivity index (χ0) is 11.8. The van der Waals surface area contributed by atoms with Crippen LogP contribution in [0.3, 0.4) is 0 Å². The molecule has 1 fully saturated rings. The highest BCUT2D eigenvalue weighted by atomic mass is 16.1. The Hall–Kier alpha value is -1.77. The van der Waals surface area contributed by atoms with Crippen molar-refractivity contribution in [3.8, 4) is 0 Å². The molecule has 1 aromatic carbocycles. The maximum atomic E-state index is 12.1. The van der Waals surface area contributed by atoms with Gasteiger partial charge in [-0.3, -0.25) is 9.13 Å². The smallest absolute Gasteiger partial charge is 0.296 e. The van der Waals surface area contributed by atoms with E-state index in [1.54, 1.807) is 4.57 Å². The molecule has 17 heavy (non-hydrogen) atoms. The van der Waals surface area contributed by atoms with Crippen LogP contribution in [0.2, 0.25) is 0 Å². The summed E-state index contributed by atoms with van der Waals surface area (Å²) in [6.45, 7) is 2.75. The molecule has 88 valence electrons. The van der Waals surface area contributed by atoms with Crippen LogP contribution in [0.1, 0.15) is 30.0 Å². The molecular weight excluding hydrogens is 212 g/mol. The van der Waals surface area contributed by atoms with Crippen LogP contribution in [0.25, 0.3) is 0 Å². The highest BCUT2D eigenvalue weighted by molar-refractivity contribution is 5.25. The fraction of sp³-hybridized carbons (Fsp3) is 0.357. The van der Waals surface area contributed by atoms with Gasteiger partial charge in [0.25, 0.3) is 0 Å². The molecule has 3 nitrogen and oxygen atoms in total. The summed E-state index contributed by atoms with van der Waals surface area (Å²) in [7, 11) is 0. The molecule has 0 bridgehead atoms. The first-order valence-corrected chi connectivity index (χ1v) is 6.07. The van der Waals surface area contributed by atoms with Crippen LogP contribution in [0, 0.1) is 6.92 Å². The fourth-order valence-electron chi connectivity index (χ4n) is 2.15. The summed E-state index contributed by atoms with van der Waals surface area (Å²) in [5.41, 5.74) is 2.57. The molecule has 3 heteroatoms. The third-order valence-electron chi connectivity index (χ3n) is 3.42. The van der Waals surface area contributed by atoms with Gasteiger partial charge in [-0.1, -0.05) is 24.3 Å². The minimum absolute atomic E-state index is 0.121. The van der Waals surface area contributed by atoms with Crippen LogP contribution in [0.15, 0.2) is 41.5 Å². The Morgan fingerprint density at radius 3 is 2.71 bits per heavy atom. The van der Waals surface area contributed by atoms with Crippen LogP contribution in [-0.2, 0) is 6.54 Å². The Balaban J connectivity index is 1.91. The standard InChI is InChI=1S/C14H16N2O/c1-11-4-2-3-5-12(11)10-15-8-9-16(14(15)17)13-6-7-13/h2-5,8-9,13H,6-7,10H2,1H3. The fourth-order valence-corrected chi connectivity index (χ4v) is 2.15. The van der Waals surface area contributed by atoms with Gasteiger partial charge >= 0.3 is 5.69 Å². The van der Waals surface area contributed by atoms with Gasteiger partial charge < -0.3 is 0 Å². The molecule has 1 saturated carbocycles. The summed E-state index contributed by atoms with van der Waals surface area (Å²) in [6.07, 6.45) is 6.11. The average Bonchev–Trinajstić information content (AvgIpc) is 3.09. The van der Waals surface area contributed by atoms with Crippen LogP contribution >= 0.6 is 0 Å². The highest BCUT2D eigenvalue weighted by Crippen LogP contribution is 2.33. The van der Waals surface area contributed by atoms with Crippen molar-refractivity contribution in [2.24, 2.45) is 0 Å². The molecule has 0 N–H and O–H groups in total. The molecule has 0 radical (unpaired) electrons. The molecule has 0 aliphatic heterocycles. The van der Waals surface area contributed by atoms with Gasteiger partial charge in [-0.2, -0.15) is 0 Å². The number of benzene rings is 1. The Morgan fingerprint density at radius 1 is 1.24 bits per heavy atom. The molecule has 0 unspecified atom stereocenters. The van der Waals surface area contributed by atoms with Gasteiger partial charge in [0.1, 0.15) is 0 Å². The van der Waals surface area contributed by atoms with Crippen molar-refractivity contribution >= 4 is 0 Å². The Labute approximate surface area is 100 Å². The zero-order valence-electron chi connectivity index (χ0n) is 9.97. The monoisotopic (exact) mass is 228 g/mol. The van der Waals surface area contributed by atoms with E-state index in [0.29, 0.717) is 12.6 Å². The van der Waals surface area contributed by atoms with E-state index in [0.717, 1.165) is 12.8 Å². The summed E-state index contributed by atoms with van der Waals surface area (Å²) >= 11 is 0. The molecule has 0 saturated heterocycles. The van der Waals surface area contributed by atoms with Crippen molar-refractivity contribution in [3.05, 3.63) is 58.3 Å². The van der Waals surface area contributed by atoms with Crippen molar-refractivity contribution in [1.29, 1.82) is 0 Å². The minimum Gasteiger partial charge on any atom is -0.296 e. The first-order valence-electron chi connectivity index (χ1n) is 6.07. The number of hydrogen-bond donors (Lipinski definition) is 0. The van der Waals surface area contributed by atoms with Gasteiger partial charge in [-0.15, -0.1) is 0 Å². The summed E-state index contributed by atoms with van der Waals surface area (Å²) in [4.78, 5) is 12.1. The van der Waals surface area contributed by atoms with Crippen molar-refractivity contribution in [2.75, 3.05) is 0 Å². The van der Waals surface area contributed by atoms with E-state index in [9.17, 15) is 4.79 Å². The number of imidazole rings is 1. The summed E-state index contributed by atoms with van der Waals surface area (Å²) < 4.78 is 3.65. The Kier molecular flexibility index (Phi) is 2.39. The second-order valence-electron chi connectivity index (χ2n) is 4.77. The van der Waals surface area contributed by atoms with Crippen LogP contribution < -0.4 is 5.69 Å². The molecule has 0 atom stereocenters. The molecule has 0 amide bonds. The molecule has 1 aromatic heterocycles. The van der Waals surface area contributed by atoms with Crippen molar-refractivity contribution in [2.45, 2.75) is 32.4 Å². The van der Waals surface area contributed by atoms with Crippen LogP contribution in [0.5, 0.6) is 0 Å². The first-order chi connectivity index (χ1) is 8.25. The first kappa shape index (κ1) is 10.4. The molecule has 1 heterocycles. The zero-order valence-corrected chi connectivity index (χ0v) is 9.97. The molecule has 3 rings (SSSR count). The van der Waals surface area contributed by atoms with Crippen molar-refractivity contribution in [1.82, 2.24) is 9.13 Å². The van der Waals surface area contributed by atoms with E-state index in [-0.39, 0.29) is 5.69 Å². The van der Waals surface area contributed by atoms with E-state index in [1.165, 1.54) is 11.1 Å². The predicted molar refractivity (Wildman–Crippen MR) is 67.2 cm³/mol. The number of rotatable bonds is 3. The third kappa shape index (κ3) is 1.93. The normalized spacial score (nSPS) is 15.1. The molecule has 2 aromatic rings. The lowest BCUT2D eigenvalue weighted by atomic mass is 10.1. The van der Waals surface area contributed by atoms with Crippen LogP contribution in [0.4, 0.5) is 0 Å². The van der Waals surface area contributed by atoms with Gasteiger partial charge in [0.05, 0.1) is 6.54 Å². The largest absolute Gasteiger partial charge is 0.328 e. The van der Waals surface area contributed by atoms with E-state index < -0.39 is 0 Å². The quantitative estimate of drug-likeness (QED) is 0.792. The number of hydrogen-bond acceptors (Lipinski definition) is 1. The SMILES string of the molecule is Cc1ccccc1Cn1ccn(C2CC2)c1=O. The van der Waals surface area contributed by atoms with Gasteiger partial charge in [-0.05, 0) is 30.9 Å². The maximum absolute atomic E-state index is 12.1. The third-order valence-corrected chi connectivity index (χ3v) is 3.42. The van der Waals surface area contributed by atoms with Gasteiger partial charge in [-0.25, -0.2) is 4.79 Å². The second-order valence-corrected chi connectivity index (χ2v) is 4.77. The van der Waals surface area contributed by atoms with E-state index >= 15 is 0 Å². The Morgan fingerprint density at radius 2 is 2.00 bits per heavy atom. The van der Waals surface area contributed by atoms with Gasteiger partial charge in [0.15, 0.2) is 0 Å². The predicted octanol–water partition coefficient (Wildman–Crippen LogP) is 2.34. The molecule has 1 aliphatic rings.